The molecule has 0 spiro atoms. The highest BCUT2D eigenvalue weighted by atomic mass is 16.5. The first-order valence-electron chi connectivity index (χ1n) is 5.89. The molecule has 17 heavy (non-hydrogen) atoms. The van der Waals surface area contributed by atoms with Crippen molar-refractivity contribution >= 4 is 11.8 Å². The molecular weight excluding hydrogens is 214 g/mol. The van der Waals surface area contributed by atoms with E-state index in [1.807, 2.05) is 24.3 Å². The predicted molar refractivity (Wildman–Crippen MR) is 68.7 cm³/mol. The Bertz CT molecular complexity index is 432. The van der Waals surface area contributed by atoms with Crippen molar-refractivity contribution in [1.29, 1.82) is 0 Å². The first-order chi connectivity index (χ1) is 8.33. The lowest BCUT2D eigenvalue weighted by atomic mass is 9.91. The van der Waals surface area contributed by atoms with Gasteiger partial charge in [0.25, 0.3) is 0 Å². The van der Waals surface area contributed by atoms with Crippen LogP contribution in [0.2, 0.25) is 0 Å². The molecule has 0 atom stereocenters. The smallest absolute Gasteiger partial charge is 0.118 e. The van der Waals surface area contributed by atoms with Crippen molar-refractivity contribution in [2.24, 2.45) is 5.16 Å². The predicted octanol–water partition coefficient (Wildman–Crippen LogP) is 3.48. The number of methoxy groups -OCH3 is 1. The zero-order valence-corrected chi connectivity index (χ0v) is 10.0. The van der Waals surface area contributed by atoms with Crippen LogP contribution in [-0.4, -0.2) is 18.0 Å². The Morgan fingerprint density at radius 2 is 1.88 bits per heavy atom. The van der Waals surface area contributed by atoms with Crippen molar-refractivity contribution in [3.63, 3.8) is 0 Å². The summed E-state index contributed by atoms with van der Waals surface area (Å²) < 4.78 is 5.12. The Morgan fingerprint density at radius 1 is 1.18 bits per heavy atom. The van der Waals surface area contributed by atoms with Gasteiger partial charge in [0.2, 0.25) is 0 Å². The molecule has 1 fully saturated rings. The third kappa shape index (κ3) is 2.87. The van der Waals surface area contributed by atoms with Gasteiger partial charge in [0, 0.05) is 0 Å². The molecular formula is C14H17NO2. The summed E-state index contributed by atoms with van der Waals surface area (Å²) in [5.74, 6) is 0.854. The third-order valence-corrected chi connectivity index (χ3v) is 3.06. The number of ether oxygens (including phenoxy) is 1. The number of hydrogen-bond donors (Lipinski definition) is 1. The fourth-order valence-electron chi connectivity index (χ4n) is 2.08. The highest BCUT2D eigenvalue weighted by Gasteiger charge is 2.13. The van der Waals surface area contributed by atoms with Crippen molar-refractivity contribution in [3.05, 3.63) is 35.4 Å². The summed E-state index contributed by atoms with van der Waals surface area (Å²) in [5.41, 5.74) is 3.08. The van der Waals surface area contributed by atoms with Crippen molar-refractivity contribution in [2.45, 2.75) is 25.7 Å². The largest absolute Gasteiger partial charge is 0.497 e. The minimum atomic E-state index is 0.826. The van der Waals surface area contributed by atoms with Gasteiger partial charge in [-0.05, 0) is 55.0 Å². The summed E-state index contributed by atoms with van der Waals surface area (Å²) in [5, 5.41) is 12.3. The zero-order valence-electron chi connectivity index (χ0n) is 10.0. The minimum Gasteiger partial charge on any atom is -0.497 e. The van der Waals surface area contributed by atoms with Crippen molar-refractivity contribution in [2.75, 3.05) is 7.11 Å². The van der Waals surface area contributed by atoms with Gasteiger partial charge in [-0.2, -0.15) is 0 Å². The van der Waals surface area contributed by atoms with E-state index in [2.05, 4.69) is 11.2 Å². The van der Waals surface area contributed by atoms with Crippen LogP contribution < -0.4 is 4.74 Å². The molecule has 0 saturated heterocycles. The van der Waals surface area contributed by atoms with Crippen LogP contribution in [0.4, 0.5) is 0 Å². The average Bonchev–Trinajstić information content (AvgIpc) is 2.40. The molecule has 1 saturated carbocycles. The maximum atomic E-state index is 8.95. The molecule has 0 radical (unpaired) electrons. The van der Waals surface area contributed by atoms with E-state index in [0.717, 1.165) is 41.9 Å². The van der Waals surface area contributed by atoms with Gasteiger partial charge < -0.3 is 9.94 Å². The molecule has 90 valence electrons. The molecule has 1 aliphatic rings. The molecule has 0 aliphatic heterocycles. The molecule has 0 unspecified atom stereocenters. The number of oxime groups is 1. The Kier molecular flexibility index (Phi) is 3.81. The number of hydrogen-bond acceptors (Lipinski definition) is 3. The zero-order chi connectivity index (χ0) is 12.1. The number of rotatable bonds is 2. The van der Waals surface area contributed by atoms with Gasteiger partial charge >= 0.3 is 0 Å². The molecule has 1 N–H and O–H groups in total. The molecule has 0 amide bonds. The second kappa shape index (κ2) is 5.53. The lowest BCUT2D eigenvalue weighted by Crippen LogP contribution is -2.08. The molecule has 1 aromatic carbocycles. The highest BCUT2D eigenvalue weighted by molar-refractivity contribution is 6.03. The average molecular weight is 231 g/mol. The van der Waals surface area contributed by atoms with Gasteiger partial charge in [0.15, 0.2) is 0 Å². The van der Waals surface area contributed by atoms with Crippen molar-refractivity contribution in [3.8, 4) is 5.75 Å². The lowest BCUT2D eigenvalue weighted by molar-refractivity contribution is 0.316. The van der Waals surface area contributed by atoms with Gasteiger partial charge in [-0.3, -0.25) is 0 Å². The van der Waals surface area contributed by atoms with E-state index < -0.39 is 0 Å². The second-order valence-corrected chi connectivity index (χ2v) is 4.20. The SMILES string of the molecule is COc1ccc(/C=C2\CCCC\C2=N/O)cc1. The van der Waals surface area contributed by atoms with Gasteiger partial charge in [-0.25, -0.2) is 0 Å². The summed E-state index contributed by atoms with van der Waals surface area (Å²) in [7, 11) is 1.66. The minimum absolute atomic E-state index is 0.826. The van der Waals surface area contributed by atoms with Crippen LogP contribution >= 0.6 is 0 Å². The Hall–Kier alpha value is -1.77. The fraction of sp³-hybridized carbons (Fsp3) is 0.357. The van der Waals surface area contributed by atoms with E-state index in [1.165, 1.54) is 6.42 Å². The summed E-state index contributed by atoms with van der Waals surface area (Å²) in [6, 6.07) is 7.89. The summed E-state index contributed by atoms with van der Waals surface area (Å²) >= 11 is 0. The van der Waals surface area contributed by atoms with Crippen LogP contribution in [0.5, 0.6) is 5.75 Å². The Morgan fingerprint density at radius 3 is 2.53 bits per heavy atom. The first kappa shape index (κ1) is 11.7. The number of nitrogens with zero attached hydrogens (tertiary/aromatic N) is 1. The third-order valence-electron chi connectivity index (χ3n) is 3.06. The first-order valence-corrected chi connectivity index (χ1v) is 5.89. The topological polar surface area (TPSA) is 41.8 Å². The normalized spacial score (nSPS) is 20.8. The van der Waals surface area contributed by atoms with Crippen LogP contribution in [0.3, 0.4) is 0 Å². The molecule has 0 heterocycles. The molecule has 3 heteroatoms. The van der Waals surface area contributed by atoms with E-state index in [9.17, 15) is 0 Å². The van der Waals surface area contributed by atoms with Crippen molar-refractivity contribution in [1.82, 2.24) is 0 Å². The van der Waals surface area contributed by atoms with E-state index in [1.54, 1.807) is 7.11 Å². The molecule has 1 aliphatic carbocycles. The second-order valence-electron chi connectivity index (χ2n) is 4.20. The Labute approximate surface area is 101 Å². The quantitative estimate of drug-likeness (QED) is 0.625. The maximum Gasteiger partial charge on any atom is 0.118 e. The standard InChI is InChI=1S/C14H17NO2/c1-17-13-8-6-11(7-9-13)10-12-4-2-3-5-14(12)15-16/h6-10,16H,2-5H2,1H3/b12-10+,15-14+. The summed E-state index contributed by atoms with van der Waals surface area (Å²) in [4.78, 5) is 0. The van der Waals surface area contributed by atoms with E-state index >= 15 is 0 Å². The van der Waals surface area contributed by atoms with E-state index in [4.69, 9.17) is 9.94 Å². The summed E-state index contributed by atoms with van der Waals surface area (Å²) in [6.45, 7) is 0. The number of allylic oxidation sites excluding steroid dienone is 1. The Balaban J connectivity index is 2.21. The van der Waals surface area contributed by atoms with Crippen LogP contribution in [0.25, 0.3) is 6.08 Å². The molecule has 0 bridgehead atoms. The maximum absolute atomic E-state index is 8.95. The van der Waals surface area contributed by atoms with E-state index in [0.29, 0.717) is 0 Å². The summed E-state index contributed by atoms with van der Waals surface area (Å²) in [6.07, 6.45) is 6.23. The molecule has 0 aromatic heterocycles. The number of benzene rings is 1. The fourth-order valence-corrected chi connectivity index (χ4v) is 2.08. The van der Waals surface area contributed by atoms with Gasteiger partial charge in [0.05, 0.1) is 12.8 Å². The lowest BCUT2D eigenvalue weighted by Gasteiger charge is -2.15. The van der Waals surface area contributed by atoms with Gasteiger partial charge in [-0.1, -0.05) is 17.3 Å². The molecule has 3 nitrogen and oxygen atoms in total. The monoisotopic (exact) mass is 231 g/mol. The van der Waals surface area contributed by atoms with E-state index in [-0.39, 0.29) is 0 Å². The highest BCUT2D eigenvalue weighted by Crippen LogP contribution is 2.24. The van der Waals surface area contributed by atoms with Crippen LogP contribution in [0.15, 0.2) is 35.0 Å². The van der Waals surface area contributed by atoms with Gasteiger partial charge in [0.1, 0.15) is 5.75 Å². The van der Waals surface area contributed by atoms with Crippen LogP contribution in [-0.2, 0) is 0 Å². The van der Waals surface area contributed by atoms with Gasteiger partial charge in [-0.15, -0.1) is 0 Å². The van der Waals surface area contributed by atoms with Crippen LogP contribution in [0, 0.1) is 0 Å². The molecule has 1 aromatic rings. The molecule has 2 rings (SSSR count). The van der Waals surface area contributed by atoms with Crippen LogP contribution in [0.1, 0.15) is 31.2 Å². The van der Waals surface area contributed by atoms with Crippen molar-refractivity contribution < 1.29 is 9.94 Å².